The minimum atomic E-state index is 0.945. The van der Waals surface area contributed by atoms with Gasteiger partial charge in [0, 0.05) is 25.2 Å². The number of likely N-dealkylation sites (N-methyl/N-ethyl adjacent to an activating group) is 1. The fraction of sp³-hybridized carbons (Fsp3) is 0.188. The lowest BCUT2D eigenvalue weighted by molar-refractivity contribution is 0.875. The summed E-state index contributed by atoms with van der Waals surface area (Å²) in [5, 5.41) is 1.16. The molecule has 2 heterocycles. The van der Waals surface area contributed by atoms with Crippen molar-refractivity contribution in [3.05, 3.63) is 60.4 Å². The first-order valence-corrected chi connectivity index (χ1v) is 6.51. The van der Waals surface area contributed by atoms with E-state index in [0.717, 1.165) is 29.7 Å². The van der Waals surface area contributed by atoms with E-state index in [1.807, 2.05) is 12.4 Å². The second kappa shape index (κ2) is 5.14. The van der Waals surface area contributed by atoms with Crippen LogP contribution in [0.1, 0.15) is 5.56 Å². The molecule has 0 aliphatic heterocycles. The topological polar surface area (TPSA) is 31.9 Å². The fourth-order valence-electron chi connectivity index (χ4n) is 2.21. The van der Waals surface area contributed by atoms with E-state index < -0.39 is 0 Å². The van der Waals surface area contributed by atoms with Crippen LogP contribution in [0.3, 0.4) is 0 Å². The summed E-state index contributed by atoms with van der Waals surface area (Å²) in [5.74, 6) is 0. The molecule has 0 radical (unpaired) electrons. The smallest absolute Gasteiger partial charge is 0.137 e. The van der Waals surface area contributed by atoms with Gasteiger partial charge < -0.3 is 9.88 Å². The largest absolute Gasteiger partial charge is 0.373 e. The van der Waals surface area contributed by atoms with Crippen molar-refractivity contribution in [2.24, 2.45) is 0 Å². The van der Waals surface area contributed by atoms with Crippen molar-refractivity contribution in [2.75, 3.05) is 18.5 Å². The molecule has 96 valence electrons. The molecule has 0 saturated carbocycles. The Morgan fingerprint density at radius 1 is 1.16 bits per heavy atom. The summed E-state index contributed by atoms with van der Waals surface area (Å²) in [6, 6.07) is 14.8. The third-order valence-electron chi connectivity index (χ3n) is 3.41. The number of H-pyrrole nitrogens is 1. The molecule has 0 spiro atoms. The van der Waals surface area contributed by atoms with Crippen molar-refractivity contribution in [2.45, 2.75) is 6.42 Å². The molecule has 0 bridgehead atoms. The Morgan fingerprint density at radius 3 is 2.84 bits per heavy atom. The lowest BCUT2D eigenvalue weighted by Crippen LogP contribution is -2.20. The molecule has 3 heteroatoms. The van der Waals surface area contributed by atoms with Gasteiger partial charge in [-0.05, 0) is 24.1 Å². The zero-order chi connectivity index (χ0) is 13.1. The van der Waals surface area contributed by atoms with Crippen molar-refractivity contribution >= 4 is 16.7 Å². The second-order valence-electron chi connectivity index (χ2n) is 4.77. The zero-order valence-corrected chi connectivity index (χ0v) is 11.0. The Labute approximate surface area is 112 Å². The molecule has 0 aliphatic rings. The molecule has 0 fully saturated rings. The van der Waals surface area contributed by atoms with E-state index in [2.05, 4.69) is 64.4 Å². The number of rotatable bonds is 4. The Morgan fingerprint density at radius 2 is 2.00 bits per heavy atom. The molecule has 1 N–H and O–H groups in total. The van der Waals surface area contributed by atoms with Gasteiger partial charge >= 0.3 is 0 Å². The number of hydrogen-bond donors (Lipinski definition) is 1. The van der Waals surface area contributed by atoms with Crippen LogP contribution in [-0.2, 0) is 6.42 Å². The first-order chi connectivity index (χ1) is 9.33. The van der Waals surface area contributed by atoms with Gasteiger partial charge in [0.1, 0.15) is 5.65 Å². The summed E-state index contributed by atoms with van der Waals surface area (Å²) in [5.41, 5.74) is 3.47. The Balaban J connectivity index is 1.71. The number of hydrogen-bond acceptors (Lipinski definition) is 2. The molecule has 0 atom stereocenters. The Hall–Kier alpha value is -2.29. The van der Waals surface area contributed by atoms with Crippen LogP contribution in [0.5, 0.6) is 0 Å². The Kier molecular flexibility index (Phi) is 3.19. The van der Waals surface area contributed by atoms with Gasteiger partial charge in [0.2, 0.25) is 0 Å². The summed E-state index contributed by atoms with van der Waals surface area (Å²) >= 11 is 0. The predicted octanol–water partition coefficient (Wildman–Crippen LogP) is 3.24. The van der Waals surface area contributed by atoms with E-state index in [9.17, 15) is 0 Å². The molecular formula is C16H17N3. The van der Waals surface area contributed by atoms with E-state index in [1.54, 1.807) is 0 Å². The van der Waals surface area contributed by atoms with Crippen LogP contribution < -0.4 is 4.90 Å². The highest BCUT2D eigenvalue weighted by Gasteiger charge is 2.04. The summed E-state index contributed by atoms with van der Waals surface area (Å²) in [7, 11) is 2.11. The van der Waals surface area contributed by atoms with Gasteiger partial charge in [-0.25, -0.2) is 4.98 Å². The van der Waals surface area contributed by atoms with Gasteiger partial charge in [-0.1, -0.05) is 30.3 Å². The van der Waals surface area contributed by atoms with E-state index >= 15 is 0 Å². The third kappa shape index (κ3) is 2.60. The highest BCUT2D eigenvalue weighted by molar-refractivity contribution is 5.79. The lowest BCUT2D eigenvalue weighted by Gasteiger charge is -2.18. The molecule has 1 aromatic carbocycles. The van der Waals surface area contributed by atoms with Gasteiger partial charge in [-0.15, -0.1) is 0 Å². The summed E-state index contributed by atoms with van der Waals surface area (Å²) in [6.45, 7) is 0.988. The number of nitrogens with zero attached hydrogens (tertiary/aromatic N) is 2. The van der Waals surface area contributed by atoms with Crippen LogP contribution in [0.25, 0.3) is 11.0 Å². The van der Waals surface area contributed by atoms with Gasteiger partial charge in [-0.3, -0.25) is 0 Å². The maximum absolute atomic E-state index is 4.42. The number of anilines is 1. The predicted molar refractivity (Wildman–Crippen MR) is 79.5 cm³/mol. The monoisotopic (exact) mass is 251 g/mol. The zero-order valence-electron chi connectivity index (χ0n) is 11.0. The lowest BCUT2D eigenvalue weighted by atomic mass is 10.1. The van der Waals surface area contributed by atoms with E-state index in [4.69, 9.17) is 0 Å². The summed E-state index contributed by atoms with van der Waals surface area (Å²) < 4.78 is 0. The van der Waals surface area contributed by atoms with Crippen molar-refractivity contribution in [1.82, 2.24) is 9.97 Å². The molecule has 3 nitrogen and oxygen atoms in total. The van der Waals surface area contributed by atoms with Gasteiger partial charge in [0.15, 0.2) is 0 Å². The molecule has 0 unspecified atom stereocenters. The molecular weight excluding hydrogens is 234 g/mol. The second-order valence-corrected chi connectivity index (χ2v) is 4.77. The van der Waals surface area contributed by atoms with E-state index in [0.29, 0.717) is 0 Å². The average molecular weight is 251 g/mol. The SMILES string of the molecule is CN(CCc1ccccc1)c1cnc2[nH]ccc2c1. The van der Waals surface area contributed by atoms with Crippen molar-refractivity contribution in [3.63, 3.8) is 0 Å². The molecule has 2 aromatic heterocycles. The standard InChI is InChI=1S/C16H17N3/c1-19(10-8-13-5-3-2-4-6-13)15-11-14-7-9-17-16(14)18-12-15/h2-7,9,11-12H,8,10H2,1H3,(H,17,18). The third-order valence-corrected chi connectivity index (χ3v) is 3.41. The van der Waals surface area contributed by atoms with Crippen LogP contribution in [0.2, 0.25) is 0 Å². The molecule has 0 saturated heterocycles. The van der Waals surface area contributed by atoms with Crippen LogP contribution in [0.15, 0.2) is 54.9 Å². The first-order valence-electron chi connectivity index (χ1n) is 6.51. The summed E-state index contributed by atoms with van der Waals surface area (Å²) in [4.78, 5) is 9.78. The maximum Gasteiger partial charge on any atom is 0.137 e. The number of fused-ring (bicyclic) bond motifs is 1. The first kappa shape index (κ1) is 11.8. The number of aromatic nitrogens is 2. The normalized spacial score (nSPS) is 10.8. The van der Waals surface area contributed by atoms with Gasteiger partial charge in [-0.2, -0.15) is 0 Å². The fourth-order valence-corrected chi connectivity index (χ4v) is 2.21. The van der Waals surface area contributed by atoms with Gasteiger partial charge in [0.25, 0.3) is 0 Å². The quantitative estimate of drug-likeness (QED) is 0.772. The van der Waals surface area contributed by atoms with Crippen LogP contribution >= 0.6 is 0 Å². The highest BCUT2D eigenvalue weighted by atomic mass is 15.1. The molecule has 3 rings (SSSR count). The van der Waals surface area contributed by atoms with Crippen molar-refractivity contribution in [1.29, 1.82) is 0 Å². The number of aromatic amines is 1. The van der Waals surface area contributed by atoms with Crippen LogP contribution in [0.4, 0.5) is 5.69 Å². The number of benzene rings is 1. The molecule has 0 amide bonds. The van der Waals surface area contributed by atoms with Crippen molar-refractivity contribution in [3.8, 4) is 0 Å². The van der Waals surface area contributed by atoms with Gasteiger partial charge in [0.05, 0.1) is 11.9 Å². The highest BCUT2D eigenvalue weighted by Crippen LogP contribution is 2.18. The molecule has 0 aliphatic carbocycles. The van der Waals surface area contributed by atoms with E-state index in [1.165, 1.54) is 5.56 Å². The maximum atomic E-state index is 4.42. The van der Waals surface area contributed by atoms with E-state index in [-0.39, 0.29) is 0 Å². The van der Waals surface area contributed by atoms with Crippen LogP contribution in [-0.4, -0.2) is 23.6 Å². The molecule has 19 heavy (non-hydrogen) atoms. The number of pyridine rings is 1. The van der Waals surface area contributed by atoms with Crippen molar-refractivity contribution < 1.29 is 0 Å². The Bertz CT molecular complexity index is 658. The minimum Gasteiger partial charge on any atom is -0.373 e. The number of nitrogens with one attached hydrogen (secondary N) is 1. The molecule has 3 aromatic rings. The average Bonchev–Trinajstić information content (AvgIpc) is 2.93. The minimum absolute atomic E-state index is 0.945. The summed E-state index contributed by atoms with van der Waals surface area (Å²) in [6.07, 6.45) is 4.89. The van der Waals surface area contributed by atoms with Crippen LogP contribution in [0, 0.1) is 0 Å².